The molecular formula is C23H14N8. The normalized spacial score (nSPS) is 15.5. The van der Waals surface area contributed by atoms with Gasteiger partial charge in [-0.1, -0.05) is 12.7 Å². The summed E-state index contributed by atoms with van der Waals surface area (Å²) in [6.45, 7) is 4.66. The van der Waals surface area contributed by atoms with Gasteiger partial charge in [0.25, 0.3) is 0 Å². The van der Waals surface area contributed by atoms with Crippen molar-refractivity contribution in [1.82, 2.24) is 34.9 Å². The molecule has 31 heavy (non-hydrogen) atoms. The predicted molar refractivity (Wildman–Crippen MR) is 119 cm³/mol. The number of hydrogen-bond donors (Lipinski definition) is 0. The Kier molecular flexibility index (Phi) is 3.82. The molecule has 1 aliphatic heterocycles. The van der Waals surface area contributed by atoms with Gasteiger partial charge in [-0.3, -0.25) is 29.9 Å². The van der Waals surface area contributed by atoms with Crippen molar-refractivity contribution < 1.29 is 0 Å². The molecule has 0 saturated heterocycles. The standard InChI is InChI=1S/C23H14N8/c1-13-4-2-6-24-12-15-14(5-3-7-25-15)17-16(13)30-22-20-18(26-8-10-28-20)19-21(23(22)31-17)29-11-9-27-19/h2-11H,1,12H2/b4-2-,24-6-. The first-order valence-electron chi connectivity index (χ1n) is 9.66. The molecule has 4 aromatic heterocycles. The molecule has 0 radical (unpaired) electrons. The van der Waals surface area contributed by atoms with E-state index in [1.54, 1.807) is 37.2 Å². The molecule has 0 unspecified atom stereocenters. The third kappa shape index (κ3) is 2.69. The van der Waals surface area contributed by atoms with E-state index in [1.807, 2.05) is 24.3 Å². The Morgan fingerprint density at radius 2 is 1.29 bits per heavy atom. The van der Waals surface area contributed by atoms with Gasteiger partial charge in [-0.2, -0.15) is 0 Å². The molecule has 146 valence electrons. The number of benzene rings is 1. The molecule has 0 aliphatic carbocycles. The van der Waals surface area contributed by atoms with Crippen LogP contribution in [0.15, 0.2) is 66.8 Å². The van der Waals surface area contributed by atoms with Crippen molar-refractivity contribution in [2.45, 2.75) is 6.54 Å². The number of rotatable bonds is 0. The highest BCUT2D eigenvalue weighted by atomic mass is 14.9. The first-order chi connectivity index (χ1) is 15.3. The fourth-order valence-electron chi connectivity index (χ4n) is 3.76. The van der Waals surface area contributed by atoms with Crippen LogP contribution in [-0.4, -0.2) is 41.1 Å². The molecule has 1 aliphatic rings. The third-order valence-electron chi connectivity index (χ3n) is 5.14. The first kappa shape index (κ1) is 17.4. The van der Waals surface area contributed by atoms with Crippen LogP contribution in [0.1, 0.15) is 11.4 Å². The number of aliphatic imine (C=N–C) groups is 1. The van der Waals surface area contributed by atoms with Gasteiger partial charge in [0, 0.05) is 42.8 Å². The van der Waals surface area contributed by atoms with Crippen LogP contribution in [0, 0.1) is 0 Å². The lowest BCUT2D eigenvalue weighted by atomic mass is 10.0. The molecule has 1 aromatic carbocycles. The van der Waals surface area contributed by atoms with Crippen molar-refractivity contribution in [3.63, 3.8) is 0 Å². The quantitative estimate of drug-likeness (QED) is 0.364. The van der Waals surface area contributed by atoms with Gasteiger partial charge in [0.1, 0.15) is 33.1 Å². The van der Waals surface area contributed by atoms with Crippen molar-refractivity contribution >= 4 is 44.9 Å². The smallest absolute Gasteiger partial charge is 0.120 e. The van der Waals surface area contributed by atoms with Crippen molar-refractivity contribution in [3.05, 3.63) is 73.2 Å². The molecule has 0 fully saturated rings. The molecule has 5 heterocycles. The fraction of sp³-hybridized carbons (Fsp3) is 0.0435. The maximum atomic E-state index is 5.04. The zero-order chi connectivity index (χ0) is 20.8. The van der Waals surface area contributed by atoms with E-state index in [2.05, 4.69) is 36.5 Å². The van der Waals surface area contributed by atoms with E-state index in [1.165, 1.54) is 0 Å². The lowest BCUT2D eigenvalue weighted by Crippen LogP contribution is -2.04. The minimum absolute atomic E-state index is 0.440. The van der Waals surface area contributed by atoms with Crippen molar-refractivity contribution in [3.8, 4) is 11.3 Å². The van der Waals surface area contributed by atoms with Gasteiger partial charge in [0.15, 0.2) is 0 Å². The van der Waals surface area contributed by atoms with Crippen molar-refractivity contribution in [1.29, 1.82) is 0 Å². The highest BCUT2D eigenvalue weighted by Gasteiger charge is 2.21. The maximum Gasteiger partial charge on any atom is 0.120 e. The van der Waals surface area contributed by atoms with Crippen LogP contribution < -0.4 is 0 Å². The Hall–Kier alpha value is -4.46. The maximum absolute atomic E-state index is 5.04. The Morgan fingerprint density at radius 3 is 1.97 bits per heavy atom. The van der Waals surface area contributed by atoms with Crippen LogP contribution in [0.25, 0.3) is 49.9 Å². The van der Waals surface area contributed by atoms with Crippen LogP contribution in [0.4, 0.5) is 0 Å². The summed E-state index contributed by atoms with van der Waals surface area (Å²) in [6.07, 6.45) is 13.8. The Morgan fingerprint density at radius 1 is 0.677 bits per heavy atom. The monoisotopic (exact) mass is 402 g/mol. The predicted octanol–water partition coefficient (Wildman–Crippen LogP) is 3.73. The summed E-state index contributed by atoms with van der Waals surface area (Å²) in [5.74, 6) is 0. The summed E-state index contributed by atoms with van der Waals surface area (Å²) in [7, 11) is 0. The highest BCUT2D eigenvalue weighted by molar-refractivity contribution is 6.18. The second-order valence-electron chi connectivity index (χ2n) is 7.00. The number of fused-ring (bicyclic) bond motifs is 9. The lowest BCUT2D eigenvalue weighted by molar-refractivity contribution is 0.995. The molecule has 6 rings (SSSR count). The van der Waals surface area contributed by atoms with Crippen LogP contribution in [-0.2, 0) is 6.54 Å². The topological polar surface area (TPSA) is 103 Å². The summed E-state index contributed by atoms with van der Waals surface area (Å²) >= 11 is 0. The number of aromatic nitrogens is 7. The molecule has 0 amide bonds. The average Bonchev–Trinajstić information content (AvgIpc) is 2.83. The van der Waals surface area contributed by atoms with Crippen molar-refractivity contribution in [2.75, 3.05) is 0 Å². The number of pyridine rings is 1. The number of nitrogens with zero attached hydrogens (tertiary/aromatic N) is 8. The van der Waals surface area contributed by atoms with Crippen LogP contribution in [0.2, 0.25) is 0 Å². The molecule has 0 spiro atoms. The van der Waals surface area contributed by atoms with Gasteiger partial charge in [-0.05, 0) is 23.8 Å². The summed E-state index contributed by atoms with van der Waals surface area (Å²) in [5.41, 5.74) is 7.48. The fourth-order valence-corrected chi connectivity index (χ4v) is 3.76. The van der Waals surface area contributed by atoms with Gasteiger partial charge in [-0.25, -0.2) is 9.97 Å². The molecule has 0 saturated carbocycles. The molecule has 0 bridgehead atoms. The van der Waals surface area contributed by atoms with E-state index in [9.17, 15) is 0 Å². The van der Waals surface area contributed by atoms with Crippen LogP contribution >= 0.6 is 0 Å². The molecule has 8 nitrogen and oxygen atoms in total. The van der Waals surface area contributed by atoms with E-state index in [-0.39, 0.29) is 0 Å². The number of allylic oxidation sites excluding steroid dienone is 3. The van der Waals surface area contributed by atoms with Gasteiger partial charge in [-0.15, -0.1) is 0 Å². The first-order valence-corrected chi connectivity index (χ1v) is 9.66. The molecule has 0 N–H and O–H groups in total. The molecule has 8 heteroatoms. The van der Waals surface area contributed by atoms with Gasteiger partial charge < -0.3 is 0 Å². The Bertz CT molecular complexity index is 1590. The third-order valence-corrected chi connectivity index (χ3v) is 5.14. The van der Waals surface area contributed by atoms with E-state index < -0.39 is 0 Å². The Balaban J connectivity index is 1.83. The highest BCUT2D eigenvalue weighted by Crippen LogP contribution is 2.34. The van der Waals surface area contributed by atoms with Gasteiger partial charge >= 0.3 is 0 Å². The molecule has 5 aromatic rings. The van der Waals surface area contributed by atoms with E-state index >= 15 is 0 Å². The van der Waals surface area contributed by atoms with Crippen LogP contribution in [0.3, 0.4) is 0 Å². The summed E-state index contributed by atoms with van der Waals surface area (Å²) < 4.78 is 0. The van der Waals surface area contributed by atoms with Crippen LogP contribution in [0.5, 0.6) is 0 Å². The molecule has 0 atom stereocenters. The summed E-state index contributed by atoms with van der Waals surface area (Å²) in [5, 5.41) is 0. The zero-order valence-corrected chi connectivity index (χ0v) is 16.3. The lowest BCUT2D eigenvalue weighted by Gasteiger charge is -2.14. The van der Waals surface area contributed by atoms with E-state index in [0.29, 0.717) is 56.6 Å². The largest absolute Gasteiger partial charge is 0.287 e. The van der Waals surface area contributed by atoms with Crippen molar-refractivity contribution in [2.24, 2.45) is 4.99 Å². The zero-order valence-electron chi connectivity index (χ0n) is 16.3. The summed E-state index contributed by atoms with van der Waals surface area (Å²) in [6, 6.07) is 3.86. The van der Waals surface area contributed by atoms with E-state index in [4.69, 9.17) is 9.97 Å². The number of hydrogen-bond acceptors (Lipinski definition) is 8. The second kappa shape index (κ2) is 6.81. The van der Waals surface area contributed by atoms with Gasteiger partial charge in [0.2, 0.25) is 0 Å². The summed E-state index contributed by atoms with van der Waals surface area (Å²) in [4.78, 5) is 37.1. The SMILES string of the molecule is C=C1/C=C\C=N/Cc2ncccc2-c2nc3c4nccnc4c4nccnc4c3nc21. The van der Waals surface area contributed by atoms with Gasteiger partial charge in [0.05, 0.1) is 23.6 Å². The second-order valence-corrected chi connectivity index (χ2v) is 7.00. The molecular weight excluding hydrogens is 388 g/mol. The van der Waals surface area contributed by atoms with E-state index in [0.717, 1.165) is 11.3 Å². The minimum atomic E-state index is 0.440. The Labute approximate surface area is 176 Å². The average molecular weight is 402 g/mol. The minimum Gasteiger partial charge on any atom is -0.287 e.